The van der Waals surface area contributed by atoms with Crippen LogP contribution in [0, 0.1) is 47.3 Å². The summed E-state index contributed by atoms with van der Waals surface area (Å²) in [4.78, 5) is 28.4. The minimum atomic E-state index is 0. The van der Waals surface area contributed by atoms with Crippen LogP contribution in [0.15, 0.2) is 10.6 Å². The lowest BCUT2D eigenvalue weighted by molar-refractivity contribution is -0.142. The zero-order chi connectivity index (χ0) is 24.4. The number of aromatic nitrogens is 1. The fourth-order valence-electron chi connectivity index (χ4n) is 9.41. The Morgan fingerprint density at radius 2 is 1.59 bits per heavy atom. The lowest BCUT2D eigenvalue weighted by Gasteiger charge is -2.37. The van der Waals surface area contributed by atoms with Crippen molar-refractivity contribution in [3.8, 4) is 0 Å². The molecule has 5 fully saturated rings. The van der Waals surface area contributed by atoms with E-state index >= 15 is 0 Å². The molecule has 1 aromatic heterocycles. The Balaban J connectivity index is 0.00000252. The van der Waals surface area contributed by atoms with Gasteiger partial charge in [-0.25, -0.2) is 0 Å². The first-order chi connectivity index (χ1) is 17.6. The van der Waals surface area contributed by atoms with Gasteiger partial charge < -0.3 is 4.52 Å². The fraction of sp³-hybridized carbons (Fsp3) is 0.781. The molecule has 5 aliphatic carbocycles. The molecule has 0 spiro atoms. The van der Waals surface area contributed by atoms with E-state index in [-0.39, 0.29) is 31.1 Å². The smallest absolute Gasteiger partial charge is 0.233 e. The van der Waals surface area contributed by atoms with E-state index in [0.717, 1.165) is 24.5 Å². The van der Waals surface area contributed by atoms with Crippen LogP contribution in [0.25, 0.3) is 6.08 Å². The van der Waals surface area contributed by atoms with E-state index in [2.05, 4.69) is 24.2 Å². The Morgan fingerprint density at radius 3 is 2.30 bits per heavy atom. The molecule has 2 amide bonds. The van der Waals surface area contributed by atoms with E-state index in [1.54, 1.807) is 4.90 Å². The van der Waals surface area contributed by atoms with Crippen molar-refractivity contribution >= 4 is 17.9 Å². The number of carbonyl (C=O) groups excluding carboxylic acids is 2. The molecule has 2 heterocycles. The Hall–Kier alpha value is -1.91. The first-order valence-corrected chi connectivity index (χ1v) is 15.1. The molecule has 5 unspecified atom stereocenters. The van der Waals surface area contributed by atoms with Gasteiger partial charge in [-0.05, 0) is 93.3 Å². The third kappa shape index (κ3) is 4.33. The second-order valence-electron chi connectivity index (χ2n) is 13.4. The molecule has 2 bridgehead atoms. The second-order valence-corrected chi connectivity index (χ2v) is 13.4. The summed E-state index contributed by atoms with van der Waals surface area (Å²) in [7, 11) is 0. The Morgan fingerprint density at radius 1 is 0.919 bits per heavy atom. The minimum Gasteiger partial charge on any atom is -0.360 e. The molecule has 5 heteroatoms. The molecule has 202 valence electrons. The van der Waals surface area contributed by atoms with Crippen LogP contribution < -0.4 is 0 Å². The normalized spacial score (nSPS) is 40.6. The molecule has 5 nitrogen and oxygen atoms in total. The number of fused-ring (bicyclic) bond motifs is 6. The van der Waals surface area contributed by atoms with Crippen molar-refractivity contribution in [2.45, 2.75) is 104 Å². The first-order valence-electron chi connectivity index (χ1n) is 15.1. The molecule has 0 aromatic carbocycles. The molecule has 1 aromatic rings. The van der Waals surface area contributed by atoms with E-state index in [1.165, 1.54) is 81.9 Å². The lowest BCUT2D eigenvalue weighted by atomic mass is 9.70. The lowest BCUT2D eigenvalue weighted by Crippen LogP contribution is -2.40. The van der Waals surface area contributed by atoms with Crippen LogP contribution in [0.5, 0.6) is 0 Å². The van der Waals surface area contributed by atoms with Crippen LogP contribution in [-0.4, -0.2) is 28.4 Å². The van der Waals surface area contributed by atoms with Gasteiger partial charge in [0.15, 0.2) is 0 Å². The van der Waals surface area contributed by atoms with Gasteiger partial charge in [0.1, 0.15) is 5.76 Å². The van der Waals surface area contributed by atoms with Crippen LogP contribution in [0.1, 0.15) is 114 Å². The summed E-state index contributed by atoms with van der Waals surface area (Å²) in [5.41, 5.74) is 2.47. The van der Waals surface area contributed by atoms with Crippen molar-refractivity contribution < 1.29 is 14.1 Å². The van der Waals surface area contributed by atoms with Gasteiger partial charge >= 0.3 is 0 Å². The number of hydrogen-bond donors (Lipinski definition) is 0. The molecule has 7 atom stereocenters. The van der Waals surface area contributed by atoms with Crippen molar-refractivity contribution in [2.24, 2.45) is 47.3 Å². The van der Waals surface area contributed by atoms with Crippen molar-refractivity contribution in [1.29, 1.82) is 0 Å². The van der Waals surface area contributed by atoms with Gasteiger partial charge in [-0.15, -0.1) is 0 Å². The molecule has 1 aliphatic heterocycles. The SMILES string of the molecule is C.CC1C=Cc2c(C3CCC(C[C@@H]4CCCC[C@H]4CN4C(=O)C5C6CCC(C6)C5C4=O)CC3)noc2C1. The van der Waals surface area contributed by atoms with Gasteiger partial charge in [-0.2, -0.15) is 0 Å². The van der Waals surface area contributed by atoms with E-state index in [4.69, 9.17) is 4.52 Å². The number of rotatable bonds is 5. The quantitative estimate of drug-likeness (QED) is 0.403. The molecular formula is C32H46N2O3. The number of amides is 2. The second kappa shape index (κ2) is 10.0. The van der Waals surface area contributed by atoms with Crippen LogP contribution >= 0.6 is 0 Å². The largest absolute Gasteiger partial charge is 0.360 e. The van der Waals surface area contributed by atoms with Gasteiger partial charge in [-0.1, -0.05) is 50.9 Å². The summed E-state index contributed by atoms with van der Waals surface area (Å²) in [5.74, 6) is 5.55. The monoisotopic (exact) mass is 506 g/mol. The summed E-state index contributed by atoms with van der Waals surface area (Å²) >= 11 is 0. The molecule has 7 rings (SSSR count). The number of likely N-dealkylation sites (tertiary alicyclic amines) is 1. The average Bonchev–Trinajstić information content (AvgIpc) is 3.66. The van der Waals surface area contributed by atoms with Crippen molar-refractivity contribution in [3.63, 3.8) is 0 Å². The fourth-order valence-corrected chi connectivity index (χ4v) is 9.41. The maximum Gasteiger partial charge on any atom is 0.233 e. The average molecular weight is 507 g/mol. The van der Waals surface area contributed by atoms with E-state index in [9.17, 15) is 9.59 Å². The number of hydrogen-bond acceptors (Lipinski definition) is 4. The number of carbonyl (C=O) groups is 2. The third-order valence-corrected chi connectivity index (χ3v) is 11.3. The summed E-state index contributed by atoms with van der Waals surface area (Å²) in [6.45, 7) is 2.94. The zero-order valence-electron chi connectivity index (χ0n) is 21.9. The van der Waals surface area contributed by atoms with Crippen LogP contribution in [-0.2, 0) is 16.0 Å². The predicted molar refractivity (Wildman–Crippen MR) is 144 cm³/mol. The maximum absolute atomic E-state index is 13.3. The molecule has 1 saturated heterocycles. The van der Waals surface area contributed by atoms with E-state index in [0.29, 0.717) is 42.1 Å². The molecular weight excluding hydrogens is 460 g/mol. The topological polar surface area (TPSA) is 63.4 Å². The maximum atomic E-state index is 13.3. The summed E-state index contributed by atoms with van der Waals surface area (Å²) in [5, 5.41) is 4.52. The van der Waals surface area contributed by atoms with Crippen LogP contribution in [0.4, 0.5) is 0 Å². The molecule has 37 heavy (non-hydrogen) atoms. The Bertz CT molecular complexity index is 1020. The number of imide groups is 1. The van der Waals surface area contributed by atoms with Gasteiger partial charge in [-0.3, -0.25) is 14.5 Å². The highest BCUT2D eigenvalue weighted by molar-refractivity contribution is 6.06. The van der Waals surface area contributed by atoms with E-state index in [1.807, 2.05) is 0 Å². The standard InChI is InChI=1S/C31H42N2O3.CH4/c1-18-6-13-25-26(14-18)36-32-29(25)20-9-7-19(8-10-20)15-21-4-2-3-5-24(21)17-33-30(34)27-22-11-12-23(16-22)28(27)31(33)35;/h6,13,18-24,27-28H,2-5,7-12,14-17H2,1H3;1H4/t18?,19?,20?,21-,22?,23?,24-,27?,28?;/m0./s1. The Labute approximate surface area is 222 Å². The van der Waals surface area contributed by atoms with Gasteiger partial charge in [0.2, 0.25) is 11.8 Å². The molecule has 6 aliphatic rings. The summed E-state index contributed by atoms with van der Waals surface area (Å²) in [6, 6.07) is 0. The summed E-state index contributed by atoms with van der Waals surface area (Å²) < 4.78 is 5.74. The van der Waals surface area contributed by atoms with Crippen LogP contribution in [0.3, 0.4) is 0 Å². The number of allylic oxidation sites excluding steroid dienone is 1. The van der Waals surface area contributed by atoms with E-state index < -0.39 is 0 Å². The highest BCUT2D eigenvalue weighted by atomic mass is 16.5. The highest BCUT2D eigenvalue weighted by Gasteiger charge is 2.61. The molecule has 0 N–H and O–H groups in total. The minimum absolute atomic E-state index is 0. The Kier molecular flexibility index (Phi) is 6.86. The van der Waals surface area contributed by atoms with Crippen molar-refractivity contribution in [3.05, 3.63) is 23.1 Å². The first kappa shape index (κ1) is 25.4. The van der Waals surface area contributed by atoms with Gasteiger partial charge in [0.25, 0.3) is 0 Å². The zero-order valence-corrected chi connectivity index (χ0v) is 21.9. The van der Waals surface area contributed by atoms with Gasteiger partial charge in [0.05, 0.1) is 17.5 Å². The van der Waals surface area contributed by atoms with Crippen molar-refractivity contribution in [1.82, 2.24) is 10.1 Å². The third-order valence-electron chi connectivity index (χ3n) is 11.3. The highest BCUT2D eigenvalue weighted by Crippen LogP contribution is 2.56. The molecule has 0 radical (unpaired) electrons. The summed E-state index contributed by atoms with van der Waals surface area (Å²) in [6.07, 6.45) is 20.2. The van der Waals surface area contributed by atoms with Crippen molar-refractivity contribution in [2.75, 3.05) is 6.54 Å². The van der Waals surface area contributed by atoms with Crippen LogP contribution in [0.2, 0.25) is 0 Å². The predicted octanol–water partition coefficient (Wildman–Crippen LogP) is 7.02. The molecule has 4 saturated carbocycles. The van der Waals surface area contributed by atoms with Gasteiger partial charge in [0, 0.05) is 24.4 Å². The number of nitrogens with zero attached hydrogens (tertiary/aromatic N) is 2.